The van der Waals surface area contributed by atoms with Gasteiger partial charge in [-0.05, 0) is 107 Å². The molecule has 8 rings (SSSR count). The average molecular weight is 752 g/mol. The number of anilines is 1. The smallest absolute Gasteiger partial charge is 0.255 e. The zero-order chi connectivity index (χ0) is 38.8. The number of imide groups is 1. The number of amides is 3. The van der Waals surface area contributed by atoms with Crippen LogP contribution in [-0.4, -0.2) is 95.9 Å². The first-order chi connectivity index (χ1) is 27.2. The summed E-state index contributed by atoms with van der Waals surface area (Å²) in [4.78, 5) is 46.5. The molecular formula is C47H53N5O4. The minimum Gasteiger partial charge on any atom is -0.508 e. The Morgan fingerprint density at radius 3 is 2.14 bits per heavy atom. The molecule has 4 aliphatic heterocycles. The summed E-state index contributed by atoms with van der Waals surface area (Å²) in [5, 5.41) is 12.4. The molecule has 0 bridgehead atoms. The quantitative estimate of drug-likeness (QED) is 0.137. The maximum atomic E-state index is 13.2. The number of allylic oxidation sites excluding steroid dienone is 1. The Morgan fingerprint density at radius 1 is 0.768 bits per heavy atom. The van der Waals surface area contributed by atoms with Crippen molar-refractivity contribution < 1.29 is 19.5 Å². The van der Waals surface area contributed by atoms with Crippen LogP contribution < -0.4 is 10.2 Å². The van der Waals surface area contributed by atoms with Crippen LogP contribution in [0.25, 0.3) is 11.1 Å². The van der Waals surface area contributed by atoms with Crippen molar-refractivity contribution in [2.75, 3.05) is 57.3 Å². The number of hydrogen-bond donors (Lipinski definition) is 2. The van der Waals surface area contributed by atoms with E-state index in [1.165, 1.54) is 27.8 Å². The van der Waals surface area contributed by atoms with E-state index in [4.69, 9.17) is 0 Å². The first-order valence-electron chi connectivity index (χ1n) is 20.4. The summed E-state index contributed by atoms with van der Waals surface area (Å²) in [6.07, 6.45) is 2.69. The zero-order valence-electron chi connectivity index (χ0n) is 32.6. The highest BCUT2D eigenvalue weighted by Gasteiger charge is 2.39. The number of hydrogen-bond acceptors (Lipinski definition) is 7. The standard InChI is InChI=1S/C47H53N5O4/c1-3-40(33-7-5-4-6-8-33)45(36-13-16-39(53)17-14-36)35-11-9-34(10-12-35)41-21-22-50(30-32(41)2)24-23-49-25-27-51(28-26-49)38-15-18-42-37(29-38)31-52(47(42)56)43-19-20-44(54)48-46(43)55/h4-18,29,32,41,43,53H,3,19-28,30-31H2,1-2H3,(H,48,54,55)/b45-40+. The second-order valence-corrected chi connectivity index (χ2v) is 16.0. The number of piperazine rings is 1. The Bertz CT molecular complexity index is 2090. The van der Waals surface area contributed by atoms with Crippen LogP contribution in [0, 0.1) is 5.92 Å². The molecule has 0 spiro atoms. The van der Waals surface area contributed by atoms with Crippen LogP contribution >= 0.6 is 0 Å². The number of aromatic hydroxyl groups is 1. The van der Waals surface area contributed by atoms with Crippen LogP contribution in [0.4, 0.5) is 5.69 Å². The van der Waals surface area contributed by atoms with Gasteiger partial charge in [-0.2, -0.15) is 0 Å². The molecule has 0 radical (unpaired) electrons. The van der Waals surface area contributed by atoms with E-state index >= 15 is 0 Å². The number of piperidine rings is 2. The third-order valence-electron chi connectivity index (χ3n) is 12.5. The van der Waals surface area contributed by atoms with Gasteiger partial charge in [0.05, 0.1) is 0 Å². The summed E-state index contributed by atoms with van der Waals surface area (Å²) in [6.45, 7) is 13.2. The molecule has 3 fully saturated rings. The second kappa shape index (κ2) is 16.5. The molecule has 0 saturated carbocycles. The first kappa shape index (κ1) is 37.7. The number of rotatable bonds is 10. The SMILES string of the molecule is CC/C(=C(\c1ccc(O)cc1)c1ccc(C2CCN(CCN3CCN(c4ccc5c(c4)CN(C4CCC(=O)NC4=O)C5=O)CC3)CC2C)cc1)c1ccccc1. The molecule has 3 saturated heterocycles. The largest absolute Gasteiger partial charge is 0.508 e. The fourth-order valence-corrected chi connectivity index (χ4v) is 9.41. The molecule has 9 heteroatoms. The summed E-state index contributed by atoms with van der Waals surface area (Å²) in [5.41, 5.74) is 10.2. The number of carbonyl (C=O) groups excluding carboxylic acids is 3. The third kappa shape index (κ3) is 7.88. The van der Waals surface area contributed by atoms with Crippen molar-refractivity contribution in [3.05, 3.63) is 130 Å². The second-order valence-electron chi connectivity index (χ2n) is 16.0. The zero-order valence-corrected chi connectivity index (χ0v) is 32.6. The van der Waals surface area contributed by atoms with Crippen molar-refractivity contribution in [3.63, 3.8) is 0 Å². The molecule has 2 N–H and O–H groups in total. The van der Waals surface area contributed by atoms with Gasteiger partial charge in [0.25, 0.3) is 5.91 Å². The molecule has 3 unspecified atom stereocenters. The molecule has 290 valence electrons. The molecule has 3 amide bonds. The highest BCUT2D eigenvalue weighted by Crippen LogP contribution is 2.38. The molecule has 0 aliphatic carbocycles. The summed E-state index contributed by atoms with van der Waals surface area (Å²) in [7, 11) is 0. The van der Waals surface area contributed by atoms with Crippen molar-refractivity contribution in [3.8, 4) is 5.75 Å². The first-order valence-corrected chi connectivity index (χ1v) is 20.4. The molecule has 3 atom stereocenters. The lowest BCUT2D eigenvalue weighted by atomic mass is 9.80. The van der Waals surface area contributed by atoms with E-state index in [2.05, 4.69) is 94.5 Å². The van der Waals surface area contributed by atoms with Gasteiger partial charge in [0.15, 0.2) is 0 Å². The highest BCUT2D eigenvalue weighted by atomic mass is 16.3. The van der Waals surface area contributed by atoms with Crippen LogP contribution in [0.2, 0.25) is 0 Å². The van der Waals surface area contributed by atoms with Gasteiger partial charge in [-0.15, -0.1) is 0 Å². The van der Waals surface area contributed by atoms with Gasteiger partial charge in [0.2, 0.25) is 11.8 Å². The molecule has 0 aromatic heterocycles. The molecule has 4 aromatic rings. The van der Waals surface area contributed by atoms with E-state index in [9.17, 15) is 19.5 Å². The van der Waals surface area contributed by atoms with E-state index in [1.807, 2.05) is 24.3 Å². The van der Waals surface area contributed by atoms with Crippen LogP contribution in [0.1, 0.15) is 83.6 Å². The van der Waals surface area contributed by atoms with Crippen molar-refractivity contribution in [2.24, 2.45) is 5.92 Å². The van der Waals surface area contributed by atoms with Gasteiger partial charge in [0.1, 0.15) is 11.8 Å². The van der Waals surface area contributed by atoms with E-state index in [-0.39, 0.29) is 29.9 Å². The van der Waals surface area contributed by atoms with Gasteiger partial charge in [-0.25, -0.2) is 0 Å². The Labute approximate surface area is 330 Å². The summed E-state index contributed by atoms with van der Waals surface area (Å²) in [5.74, 6) is 0.604. The predicted octanol–water partition coefficient (Wildman–Crippen LogP) is 6.77. The number of carbonyl (C=O) groups is 3. The number of phenolic OH excluding ortho intramolecular Hbond substituents is 1. The summed E-state index contributed by atoms with van der Waals surface area (Å²) in [6, 6.07) is 33.0. The Morgan fingerprint density at radius 2 is 1.46 bits per heavy atom. The molecule has 9 nitrogen and oxygen atoms in total. The number of nitrogens with zero attached hydrogens (tertiary/aromatic N) is 4. The number of nitrogens with one attached hydrogen (secondary N) is 1. The van der Waals surface area contributed by atoms with Crippen LogP contribution in [-0.2, 0) is 16.1 Å². The number of likely N-dealkylation sites (tertiary alicyclic amines) is 1. The lowest BCUT2D eigenvalue weighted by Gasteiger charge is -2.40. The van der Waals surface area contributed by atoms with Crippen LogP contribution in [0.3, 0.4) is 0 Å². The molecular weight excluding hydrogens is 699 g/mol. The molecule has 4 aromatic carbocycles. The number of phenols is 1. The third-order valence-corrected chi connectivity index (χ3v) is 12.5. The Balaban J connectivity index is 0.841. The lowest BCUT2D eigenvalue weighted by molar-refractivity contribution is -0.136. The van der Waals surface area contributed by atoms with E-state index in [0.29, 0.717) is 30.4 Å². The fourth-order valence-electron chi connectivity index (χ4n) is 9.41. The summed E-state index contributed by atoms with van der Waals surface area (Å²) < 4.78 is 0. The van der Waals surface area contributed by atoms with Crippen molar-refractivity contribution in [2.45, 2.75) is 58.0 Å². The maximum Gasteiger partial charge on any atom is 0.255 e. The van der Waals surface area contributed by atoms with Crippen LogP contribution in [0.5, 0.6) is 5.75 Å². The van der Waals surface area contributed by atoms with Gasteiger partial charge in [0, 0.05) is 70.0 Å². The predicted molar refractivity (Wildman–Crippen MR) is 221 cm³/mol. The number of benzene rings is 4. The van der Waals surface area contributed by atoms with Gasteiger partial charge in [-0.3, -0.25) is 24.6 Å². The van der Waals surface area contributed by atoms with Gasteiger partial charge < -0.3 is 19.8 Å². The minimum atomic E-state index is -0.589. The van der Waals surface area contributed by atoms with E-state index < -0.39 is 6.04 Å². The molecule has 56 heavy (non-hydrogen) atoms. The van der Waals surface area contributed by atoms with Crippen LogP contribution in [0.15, 0.2) is 97.1 Å². The average Bonchev–Trinajstić information content (AvgIpc) is 3.55. The van der Waals surface area contributed by atoms with Crippen molar-refractivity contribution in [1.29, 1.82) is 0 Å². The van der Waals surface area contributed by atoms with Crippen molar-refractivity contribution in [1.82, 2.24) is 20.0 Å². The topological polar surface area (TPSA) is 96.4 Å². The maximum absolute atomic E-state index is 13.2. The van der Waals surface area contributed by atoms with Gasteiger partial charge >= 0.3 is 0 Å². The van der Waals surface area contributed by atoms with E-state index in [1.54, 1.807) is 17.0 Å². The Kier molecular flexibility index (Phi) is 11.1. The highest BCUT2D eigenvalue weighted by molar-refractivity contribution is 6.05. The molecule has 4 aliphatic rings. The van der Waals surface area contributed by atoms with Crippen molar-refractivity contribution >= 4 is 34.6 Å². The van der Waals surface area contributed by atoms with E-state index in [0.717, 1.165) is 82.0 Å². The monoisotopic (exact) mass is 751 g/mol. The molecule has 4 heterocycles. The van der Waals surface area contributed by atoms with Gasteiger partial charge in [-0.1, -0.05) is 80.6 Å². The minimum absolute atomic E-state index is 0.125. The Hall–Kier alpha value is -5.25. The summed E-state index contributed by atoms with van der Waals surface area (Å²) >= 11 is 0. The normalized spacial score (nSPS) is 22.5. The lowest BCUT2D eigenvalue weighted by Crippen LogP contribution is -2.52. The fraction of sp³-hybridized carbons (Fsp3) is 0.383. The number of fused-ring (bicyclic) bond motifs is 1.